The molecule has 7 heteroatoms. The third-order valence-corrected chi connectivity index (χ3v) is 6.13. The molecule has 1 aromatic carbocycles. The van der Waals surface area contributed by atoms with Crippen LogP contribution in [0.15, 0.2) is 29.3 Å². The van der Waals surface area contributed by atoms with E-state index in [-0.39, 0.29) is 24.0 Å². The summed E-state index contributed by atoms with van der Waals surface area (Å²) in [5.41, 5.74) is 3.75. The molecule has 0 bridgehead atoms. The first-order valence-corrected chi connectivity index (χ1v) is 10.6. The van der Waals surface area contributed by atoms with Crippen molar-refractivity contribution in [2.24, 2.45) is 4.99 Å². The highest BCUT2D eigenvalue weighted by Crippen LogP contribution is 2.21. The van der Waals surface area contributed by atoms with Gasteiger partial charge in [-0.25, -0.2) is 4.98 Å². The van der Waals surface area contributed by atoms with Crippen LogP contribution in [0.25, 0.3) is 0 Å². The van der Waals surface area contributed by atoms with Crippen molar-refractivity contribution in [3.05, 3.63) is 45.4 Å². The van der Waals surface area contributed by atoms with Crippen LogP contribution in [0.4, 0.5) is 5.69 Å². The number of halogens is 1. The summed E-state index contributed by atoms with van der Waals surface area (Å²) in [6, 6.07) is 9.00. The molecule has 1 aliphatic heterocycles. The Morgan fingerprint density at radius 1 is 1.18 bits per heavy atom. The lowest BCUT2D eigenvalue weighted by Gasteiger charge is -2.29. The molecule has 0 spiro atoms. The Labute approximate surface area is 190 Å². The van der Waals surface area contributed by atoms with Crippen molar-refractivity contribution in [1.29, 1.82) is 0 Å². The van der Waals surface area contributed by atoms with Crippen LogP contribution < -0.4 is 10.2 Å². The number of thiazole rings is 1. The largest absolute Gasteiger partial charge is 0.372 e. The van der Waals surface area contributed by atoms with Gasteiger partial charge in [-0.3, -0.25) is 4.99 Å². The molecule has 1 aliphatic rings. The summed E-state index contributed by atoms with van der Waals surface area (Å²) in [5, 5.41) is 4.57. The zero-order chi connectivity index (χ0) is 19.2. The molecular weight excluding hydrogens is 481 g/mol. The summed E-state index contributed by atoms with van der Waals surface area (Å²) in [6.07, 6.45) is 3.99. The second-order valence-corrected chi connectivity index (χ2v) is 8.50. The van der Waals surface area contributed by atoms with Crippen molar-refractivity contribution in [1.82, 2.24) is 15.2 Å². The van der Waals surface area contributed by atoms with Crippen molar-refractivity contribution in [2.75, 3.05) is 32.1 Å². The van der Waals surface area contributed by atoms with Crippen LogP contribution in [-0.2, 0) is 13.1 Å². The number of piperidine rings is 1. The Kier molecular flexibility index (Phi) is 9.01. The van der Waals surface area contributed by atoms with Crippen LogP contribution in [0.3, 0.4) is 0 Å². The minimum Gasteiger partial charge on any atom is -0.372 e. The average molecular weight is 513 g/mol. The van der Waals surface area contributed by atoms with E-state index in [1.807, 2.05) is 7.05 Å². The van der Waals surface area contributed by atoms with E-state index in [0.717, 1.165) is 29.8 Å². The van der Waals surface area contributed by atoms with E-state index in [9.17, 15) is 0 Å². The average Bonchev–Trinajstić information content (AvgIpc) is 3.01. The molecule has 1 N–H and O–H groups in total. The van der Waals surface area contributed by atoms with Crippen molar-refractivity contribution in [2.45, 2.75) is 46.2 Å². The SMILES string of the molecule is CN=C(NCc1sc(C)nc1C)N(C)Cc1ccc(N2CCCCC2)cc1.I. The van der Waals surface area contributed by atoms with Gasteiger partial charge < -0.3 is 15.1 Å². The summed E-state index contributed by atoms with van der Waals surface area (Å²) in [6.45, 7) is 8.09. The fourth-order valence-electron chi connectivity index (χ4n) is 3.59. The Morgan fingerprint density at radius 2 is 1.86 bits per heavy atom. The summed E-state index contributed by atoms with van der Waals surface area (Å²) < 4.78 is 0. The van der Waals surface area contributed by atoms with Crippen LogP contribution >= 0.6 is 35.3 Å². The van der Waals surface area contributed by atoms with Gasteiger partial charge in [0.2, 0.25) is 0 Å². The molecule has 0 saturated carbocycles. The molecule has 0 aliphatic carbocycles. The number of aryl methyl sites for hydroxylation is 2. The third-order valence-electron chi connectivity index (χ3n) is 5.06. The second kappa shape index (κ2) is 11.0. The predicted octanol–water partition coefficient (Wildman–Crippen LogP) is 4.58. The van der Waals surface area contributed by atoms with Crippen LogP contribution in [-0.4, -0.2) is 43.0 Å². The Bertz CT molecular complexity index is 766. The lowest BCUT2D eigenvalue weighted by molar-refractivity contribution is 0.477. The van der Waals surface area contributed by atoms with Gasteiger partial charge in [-0.15, -0.1) is 35.3 Å². The Morgan fingerprint density at radius 3 is 2.43 bits per heavy atom. The zero-order valence-corrected chi connectivity index (χ0v) is 20.5. The topological polar surface area (TPSA) is 43.8 Å². The normalized spacial score (nSPS) is 14.6. The smallest absolute Gasteiger partial charge is 0.193 e. The molecule has 1 saturated heterocycles. The lowest BCUT2D eigenvalue weighted by Crippen LogP contribution is -2.38. The highest BCUT2D eigenvalue weighted by molar-refractivity contribution is 14.0. The third kappa shape index (κ3) is 6.07. The van der Waals surface area contributed by atoms with Gasteiger partial charge in [-0.1, -0.05) is 12.1 Å². The molecule has 1 aromatic heterocycles. The number of hydrogen-bond acceptors (Lipinski definition) is 4. The van der Waals surface area contributed by atoms with Crippen molar-refractivity contribution in [3.63, 3.8) is 0 Å². The van der Waals surface area contributed by atoms with Gasteiger partial charge in [0, 0.05) is 44.3 Å². The monoisotopic (exact) mass is 513 g/mol. The predicted molar refractivity (Wildman–Crippen MR) is 131 cm³/mol. The van der Waals surface area contributed by atoms with Gasteiger partial charge in [0.15, 0.2) is 5.96 Å². The molecule has 2 heterocycles. The number of anilines is 1. The zero-order valence-electron chi connectivity index (χ0n) is 17.4. The summed E-state index contributed by atoms with van der Waals surface area (Å²) in [7, 11) is 3.92. The number of aliphatic imine (C=N–C) groups is 1. The number of benzene rings is 1. The molecule has 2 aromatic rings. The minimum absolute atomic E-state index is 0. The standard InChI is InChI=1S/C21H31N5S.HI/c1-16-20(27-17(2)24-16)14-23-21(22-3)25(4)15-18-8-10-19(11-9-18)26-12-6-5-7-13-26;/h8-11H,5-7,12-15H2,1-4H3,(H,22,23);1H. The summed E-state index contributed by atoms with van der Waals surface area (Å²) in [5.74, 6) is 0.903. The minimum atomic E-state index is 0. The number of nitrogens with zero attached hydrogens (tertiary/aromatic N) is 4. The fraction of sp³-hybridized carbons (Fsp3) is 0.524. The maximum Gasteiger partial charge on any atom is 0.193 e. The Hall–Kier alpha value is -1.35. The van der Waals surface area contributed by atoms with Crippen LogP contribution in [0.5, 0.6) is 0 Å². The van der Waals surface area contributed by atoms with Gasteiger partial charge in [0.25, 0.3) is 0 Å². The summed E-state index contributed by atoms with van der Waals surface area (Å²) in [4.78, 5) is 14.9. The van der Waals surface area contributed by atoms with E-state index in [4.69, 9.17) is 0 Å². The molecule has 5 nitrogen and oxygen atoms in total. The van der Waals surface area contributed by atoms with Gasteiger partial charge in [0.05, 0.1) is 17.2 Å². The van der Waals surface area contributed by atoms with E-state index in [0.29, 0.717) is 0 Å². The van der Waals surface area contributed by atoms with E-state index in [1.165, 1.54) is 48.5 Å². The van der Waals surface area contributed by atoms with Gasteiger partial charge in [-0.2, -0.15) is 0 Å². The van der Waals surface area contributed by atoms with Crippen LogP contribution in [0.2, 0.25) is 0 Å². The highest BCUT2D eigenvalue weighted by atomic mass is 127. The maximum atomic E-state index is 4.50. The Balaban J connectivity index is 0.00000280. The van der Waals surface area contributed by atoms with Crippen molar-refractivity contribution < 1.29 is 0 Å². The number of aromatic nitrogens is 1. The van der Waals surface area contributed by atoms with E-state index < -0.39 is 0 Å². The summed E-state index contributed by atoms with van der Waals surface area (Å²) >= 11 is 1.75. The van der Waals surface area contributed by atoms with Crippen molar-refractivity contribution >= 4 is 47.0 Å². The molecule has 28 heavy (non-hydrogen) atoms. The fourth-order valence-corrected chi connectivity index (χ4v) is 4.47. The first-order chi connectivity index (χ1) is 13.1. The first-order valence-electron chi connectivity index (χ1n) is 9.75. The van der Waals surface area contributed by atoms with E-state index >= 15 is 0 Å². The molecule has 1 fully saturated rings. The second-order valence-electron chi connectivity index (χ2n) is 7.21. The number of nitrogens with one attached hydrogen (secondary N) is 1. The molecule has 0 amide bonds. The van der Waals surface area contributed by atoms with E-state index in [2.05, 4.69) is 70.3 Å². The van der Waals surface area contributed by atoms with E-state index in [1.54, 1.807) is 11.3 Å². The number of guanidine groups is 1. The molecule has 0 atom stereocenters. The van der Waals surface area contributed by atoms with Gasteiger partial charge >= 0.3 is 0 Å². The molecule has 154 valence electrons. The molecule has 3 rings (SSSR count). The molecule has 0 radical (unpaired) electrons. The van der Waals surface area contributed by atoms with Gasteiger partial charge in [0.1, 0.15) is 0 Å². The first kappa shape index (κ1) is 22.9. The molecular formula is C21H32IN5S. The van der Waals surface area contributed by atoms with Gasteiger partial charge in [-0.05, 0) is 50.8 Å². The number of rotatable bonds is 5. The quantitative estimate of drug-likeness (QED) is 0.361. The molecule has 0 unspecified atom stereocenters. The van der Waals surface area contributed by atoms with Crippen LogP contribution in [0.1, 0.15) is 40.4 Å². The highest BCUT2D eigenvalue weighted by Gasteiger charge is 2.12. The van der Waals surface area contributed by atoms with Crippen molar-refractivity contribution in [3.8, 4) is 0 Å². The van der Waals surface area contributed by atoms with Crippen LogP contribution in [0, 0.1) is 13.8 Å². The number of hydrogen-bond donors (Lipinski definition) is 1. The lowest BCUT2D eigenvalue weighted by atomic mass is 10.1. The maximum absolute atomic E-state index is 4.50.